The van der Waals surface area contributed by atoms with Gasteiger partial charge in [-0.1, -0.05) is 29.4 Å². The van der Waals surface area contributed by atoms with Gasteiger partial charge >= 0.3 is 6.18 Å². The van der Waals surface area contributed by atoms with E-state index in [1.165, 1.54) is 24.3 Å². The number of nitrogens with zero attached hydrogens (tertiary/aromatic N) is 2. The second-order valence-electron chi connectivity index (χ2n) is 4.94. The predicted molar refractivity (Wildman–Crippen MR) is 85.7 cm³/mol. The largest absolute Gasteiger partial charge is 0.416 e. The van der Waals surface area contributed by atoms with Crippen LogP contribution >= 0.6 is 23.4 Å². The maximum atomic E-state index is 13.7. The maximum absolute atomic E-state index is 13.7. The molecule has 0 amide bonds. The molecule has 25 heavy (non-hydrogen) atoms. The fraction of sp³-hybridized carbons (Fsp3) is 0.125. The van der Waals surface area contributed by atoms with E-state index in [2.05, 4.69) is 10.2 Å². The van der Waals surface area contributed by atoms with Crippen molar-refractivity contribution in [2.45, 2.75) is 17.2 Å². The minimum atomic E-state index is -4.41. The van der Waals surface area contributed by atoms with Gasteiger partial charge in [0.25, 0.3) is 5.22 Å². The number of hydrogen-bond acceptors (Lipinski definition) is 4. The van der Waals surface area contributed by atoms with Crippen LogP contribution < -0.4 is 0 Å². The number of alkyl halides is 3. The topological polar surface area (TPSA) is 38.9 Å². The molecule has 0 aliphatic rings. The molecule has 9 heteroatoms. The van der Waals surface area contributed by atoms with Crippen LogP contribution in [0.1, 0.15) is 11.1 Å². The molecule has 1 aromatic heterocycles. The highest BCUT2D eigenvalue weighted by atomic mass is 35.5. The molecule has 0 spiro atoms. The summed E-state index contributed by atoms with van der Waals surface area (Å²) in [5.41, 5.74) is -0.0979. The average molecular weight is 389 g/mol. The molecule has 0 aliphatic heterocycles. The Morgan fingerprint density at radius 3 is 2.40 bits per heavy atom. The van der Waals surface area contributed by atoms with E-state index < -0.39 is 17.6 Å². The summed E-state index contributed by atoms with van der Waals surface area (Å²) in [6.07, 6.45) is -4.41. The van der Waals surface area contributed by atoms with Crippen LogP contribution in [0.5, 0.6) is 0 Å². The van der Waals surface area contributed by atoms with Crippen LogP contribution in [0.15, 0.2) is 52.1 Å². The summed E-state index contributed by atoms with van der Waals surface area (Å²) < 4.78 is 56.8. The lowest BCUT2D eigenvalue weighted by atomic mass is 10.1. The van der Waals surface area contributed by atoms with E-state index in [-0.39, 0.29) is 21.9 Å². The first kappa shape index (κ1) is 17.8. The smallest absolute Gasteiger partial charge is 0.411 e. The quantitative estimate of drug-likeness (QED) is 0.415. The highest BCUT2D eigenvalue weighted by Crippen LogP contribution is 2.32. The Labute approximate surface area is 149 Å². The van der Waals surface area contributed by atoms with Crippen molar-refractivity contribution in [2.75, 3.05) is 0 Å². The third-order valence-electron chi connectivity index (χ3n) is 3.27. The lowest BCUT2D eigenvalue weighted by Gasteiger charge is -2.05. The minimum Gasteiger partial charge on any atom is -0.411 e. The van der Waals surface area contributed by atoms with E-state index >= 15 is 0 Å². The Balaban J connectivity index is 1.72. The molecule has 1 heterocycles. The predicted octanol–water partition coefficient (Wildman–Crippen LogP) is 5.84. The molecular formula is C16H9ClF4N2OS. The Morgan fingerprint density at radius 1 is 1.04 bits per heavy atom. The Morgan fingerprint density at radius 2 is 1.76 bits per heavy atom. The second kappa shape index (κ2) is 7.05. The number of benzene rings is 2. The van der Waals surface area contributed by atoms with Crippen molar-refractivity contribution < 1.29 is 22.0 Å². The van der Waals surface area contributed by atoms with Gasteiger partial charge in [-0.15, -0.1) is 10.2 Å². The van der Waals surface area contributed by atoms with E-state index in [4.69, 9.17) is 16.0 Å². The van der Waals surface area contributed by atoms with Gasteiger partial charge in [-0.25, -0.2) is 4.39 Å². The van der Waals surface area contributed by atoms with Gasteiger partial charge in [-0.2, -0.15) is 13.2 Å². The van der Waals surface area contributed by atoms with Crippen molar-refractivity contribution in [3.05, 3.63) is 64.4 Å². The molecule has 0 radical (unpaired) electrons. The third kappa shape index (κ3) is 4.13. The van der Waals surface area contributed by atoms with Gasteiger partial charge in [-0.3, -0.25) is 0 Å². The molecule has 0 atom stereocenters. The first-order valence-electron chi connectivity index (χ1n) is 6.91. The zero-order valence-electron chi connectivity index (χ0n) is 12.3. The van der Waals surface area contributed by atoms with Crippen LogP contribution in [0.25, 0.3) is 11.5 Å². The maximum Gasteiger partial charge on any atom is 0.416 e. The van der Waals surface area contributed by atoms with E-state index in [0.717, 1.165) is 23.9 Å². The number of rotatable bonds is 4. The zero-order valence-corrected chi connectivity index (χ0v) is 13.9. The van der Waals surface area contributed by atoms with Gasteiger partial charge in [0.15, 0.2) is 0 Å². The molecule has 3 aromatic rings. The monoisotopic (exact) mass is 388 g/mol. The molecule has 0 aliphatic carbocycles. The molecule has 2 aromatic carbocycles. The van der Waals surface area contributed by atoms with Crippen molar-refractivity contribution in [3.8, 4) is 11.5 Å². The van der Waals surface area contributed by atoms with Crippen LogP contribution in [0.2, 0.25) is 5.02 Å². The summed E-state index contributed by atoms with van der Waals surface area (Å²) in [6, 6.07) is 8.74. The SMILES string of the molecule is Fc1cccc(Cl)c1CSc1nnc(-c2ccc(C(F)(F)F)cc2)o1. The summed E-state index contributed by atoms with van der Waals surface area (Å²) >= 11 is 7.02. The number of halogens is 5. The molecular weight excluding hydrogens is 380 g/mol. The van der Waals surface area contributed by atoms with Crippen molar-refractivity contribution in [1.82, 2.24) is 10.2 Å². The van der Waals surface area contributed by atoms with Gasteiger partial charge in [0.1, 0.15) is 5.82 Å². The van der Waals surface area contributed by atoms with Gasteiger partial charge in [0.2, 0.25) is 5.89 Å². The van der Waals surface area contributed by atoms with Gasteiger partial charge in [-0.05, 0) is 36.4 Å². The summed E-state index contributed by atoms with van der Waals surface area (Å²) in [4.78, 5) is 0. The molecule has 0 bridgehead atoms. The van der Waals surface area contributed by atoms with Gasteiger partial charge in [0.05, 0.1) is 5.56 Å². The lowest BCUT2D eigenvalue weighted by Crippen LogP contribution is -2.03. The van der Waals surface area contributed by atoms with Gasteiger partial charge < -0.3 is 4.42 Å². The number of aromatic nitrogens is 2. The summed E-state index contributed by atoms with van der Waals surface area (Å²) in [5.74, 6) is -0.182. The van der Waals surface area contributed by atoms with Gasteiger partial charge in [0, 0.05) is 21.9 Å². The van der Waals surface area contributed by atoms with Crippen LogP contribution in [-0.4, -0.2) is 10.2 Å². The summed E-state index contributed by atoms with van der Waals surface area (Å²) in [7, 11) is 0. The molecule has 0 fully saturated rings. The standard InChI is InChI=1S/C16H9ClF4N2OS/c17-12-2-1-3-13(18)11(12)8-25-15-23-22-14(24-15)9-4-6-10(7-5-9)16(19,20)21/h1-7H,8H2. The average Bonchev–Trinajstić information content (AvgIpc) is 3.03. The van der Waals surface area contributed by atoms with Crippen molar-refractivity contribution in [2.24, 2.45) is 0 Å². The Bertz CT molecular complexity index is 860. The minimum absolute atomic E-state index is 0.0795. The van der Waals surface area contributed by atoms with E-state index in [9.17, 15) is 17.6 Å². The molecule has 0 saturated carbocycles. The first-order valence-corrected chi connectivity index (χ1v) is 8.28. The van der Waals surface area contributed by atoms with Crippen LogP contribution in [0.4, 0.5) is 17.6 Å². The van der Waals surface area contributed by atoms with Crippen molar-refractivity contribution >= 4 is 23.4 Å². The second-order valence-corrected chi connectivity index (χ2v) is 6.27. The van der Waals surface area contributed by atoms with E-state index in [0.29, 0.717) is 11.1 Å². The number of thioether (sulfide) groups is 1. The molecule has 0 saturated heterocycles. The highest BCUT2D eigenvalue weighted by Gasteiger charge is 2.30. The summed E-state index contributed by atoms with van der Waals surface area (Å²) in [6.45, 7) is 0. The fourth-order valence-electron chi connectivity index (χ4n) is 1.99. The van der Waals surface area contributed by atoms with E-state index in [1.54, 1.807) is 6.07 Å². The molecule has 130 valence electrons. The fourth-order valence-corrected chi connectivity index (χ4v) is 3.10. The number of hydrogen-bond donors (Lipinski definition) is 0. The van der Waals surface area contributed by atoms with Crippen LogP contribution in [0.3, 0.4) is 0 Å². The lowest BCUT2D eigenvalue weighted by molar-refractivity contribution is -0.137. The summed E-state index contributed by atoms with van der Waals surface area (Å²) in [5, 5.41) is 8.03. The normalized spacial score (nSPS) is 11.7. The Kier molecular flexibility index (Phi) is 5.01. The zero-order chi connectivity index (χ0) is 18.0. The first-order chi connectivity index (χ1) is 11.8. The highest BCUT2D eigenvalue weighted by molar-refractivity contribution is 7.98. The van der Waals surface area contributed by atoms with Crippen molar-refractivity contribution in [1.29, 1.82) is 0 Å². The Hall–Kier alpha value is -2.06. The van der Waals surface area contributed by atoms with Crippen LogP contribution in [0, 0.1) is 5.82 Å². The molecule has 0 N–H and O–H groups in total. The van der Waals surface area contributed by atoms with Crippen molar-refractivity contribution in [3.63, 3.8) is 0 Å². The van der Waals surface area contributed by atoms with Crippen LogP contribution in [-0.2, 0) is 11.9 Å². The molecule has 3 nitrogen and oxygen atoms in total. The van der Waals surface area contributed by atoms with E-state index in [1.807, 2.05) is 0 Å². The third-order valence-corrected chi connectivity index (χ3v) is 4.47. The molecule has 0 unspecified atom stereocenters. The molecule has 3 rings (SSSR count).